The van der Waals surface area contributed by atoms with E-state index in [4.69, 9.17) is 28.7 Å². The van der Waals surface area contributed by atoms with E-state index in [1.165, 1.54) is 13.8 Å². The number of aliphatic hydroxyl groups excluding tert-OH is 2. The Hall–Kier alpha value is -5.56. The Bertz CT molecular complexity index is 2020. The van der Waals surface area contributed by atoms with E-state index in [2.05, 4.69) is 31.9 Å². The first-order valence-electron chi connectivity index (χ1n) is 26.4. The number of amides is 6. The van der Waals surface area contributed by atoms with Gasteiger partial charge in [-0.3, -0.25) is 47.9 Å². The van der Waals surface area contributed by atoms with E-state index in [9.17, 15) is 58.2 Å². The van der Waals surface area contributed by atoms with E-state index in [0.717, 1.165) is 0 Å². The van der Waals surface area contributed by atoms with Gasteiger partial charge < -0.3 is 70.8 Å². The molecular formula is C52H87N11O12. The third-order valence-electron chi connectivity index (χ3n) is 13.3. The molecule has 0 radical (unpaired) electrons. The summed E-state index contributed by atoms with van der Waals surface area (Å²) < 4.78 is 0. The van der Waals surface area contributed by atoms with Gasteiger partial charge in [-0.1, -0.05) is 44.2 Å². The van der Waals surface area contributed by atoms with Gasteiger partial charge in [0.25, 0.3) is 0 Å². The van der Waals surface area contributed by atoms with Gasteiger partial charge in [-0.2, -0.15) is 0 Å². The molecule has 0 spiro atoms. The van der Waals surface area contributed by atoms with Crippen molar-refractivity contribution in [1.29, 1.82) is 0 Å². The van der Waals surface area contributed by atoms with E-state index >= 15 is 0 Å². The molecule has 23 nitrogen and oxygen atoms in total. The largest absolute Gasteiger partial charge is 0.393 e. The number of benzene rings is 1. The van der Waals surface area contributed by atoms with Gasteiger partial charge in [0.2, 0.25) is 35.4 Å². The van der Waals surface area contributed by atoms with Crippen LogP contribution in [0.15, 0.2) is 30.3 Å². The quantitative estimate of drug-likeness (QED) is 0.0463. The summed E-state index contributed by atoms with van der Waals surface area (Å²) in [4.78, 5) is 140. The molecule has 75 heavy (non-hydrogen) atoms. The van der Waals surface area contributed by atoms with E-state index in [-0.39, 0.29) is 102 Å². The summed E-state index contributed by atoms with van der Waals surface area (Å²) in [6.45, 7) is 6.01. The zero-order valence-corrected chi connectivity index (χ0v) is 44.3. The number of carbonyl (C=O) groups is 10. The lowest BCUT2D eigenvalue weighted by Gasteiger charge is -2.28. The summed E-state index contributed by atoms with van der Waals surface area (Å²) in [5.41, 5.74) is 29.8. The first kappa shape index (κ1) is 65.6. The van der Waals surface area contributed by atoms with Crippen molar-refractivity contribution in [3.63, 3.8) is 0 Å². The molecular weight excluding hydrogens is 971 g/mol. The number of aliphatic hydroxyl groups is 2. The maximum Gasteiger partial charge on any atom is 0.243 e. The summed E-state index contributed by atoms with van der Waals surface area (Å²) >= 11 is 0. The lowest BCUT2D eigenvalue weighted by molar-refractivity contribution is -0.137. The highest BCUT2D eigenvalue weighted by Gasteiger charge is 2.37. The molecule has 2 unspecified atom stereocenters. The van der Waals surface area contributed by atoms with Crippen LogP contribution in [0.2, 0.25) is 0 Å². The van der Waals surface area contributed by atoms with Crippen LogP contribution in [0.4, 0.5) is 0 Å². The minimum atomic E-state index is -1.41. The van der Waals surface area contributed by atoms with Crippen LogP contribution in [0, 0.1) is 29.6 Å². The number of rotatable bonds is 25. The second kappa shape index (κ2) is 34.9. The Morgan fingerprint density at radius 3 is 1.76 bits per heavy atom. The number of carbonyl (C=O) groups excluding carboxylic acids is 10. The van der Waals surface area contributed by atoms with Crippen molar-refractivity contribution in [3.05, 3.63) is 35.9 Å². The van der Waals surface area contributed by atoms with Gasteiger partial charge in [0, 0.05) is 50.5 Å². The van der Waals surface area contributed by atoms with Gasteiger partial charge in [0.05, 0.1) is 42.2 Å². The van der Waals surface area contributed by atoms with E-state index in [1.807, 2.05) is 13.8 Å². The fourth-order valence-electron chi connectivity index (χ4n) is 8.87. The average molecular weight is 1060 g/mol. The fraction of sp³-hybridized carbons (Fsp3) is 0.692. The Balaban J connectivity index is 2.73. The molecule has 11 atom stereocenters. The topological polar surface area (TPSA) is 413 Å². The second-order valence-electron chi connectivity index (χ2n) is 20.1. The summed E-state index contributed by atoms with van der Waals surface area (Å²) in [7, 11) is 0. The van der Waals surface area contributed by atoms with Gasteiger partial charge in [-0.25, -0.2) is 0 Å². The van der Waals surface area contributed by atoms with Gasteiger partial charge in [-0.05, 0) is 116 Å². The van der Waals surface area contributed by atoms with Crippen molar-refractivity contribution >= 4 is 58.6 Å². The van der Waals surface area contributed by atoms with Gasteiger partial charge in [0.15, 0.2) is 17.3 Å². The standard InChI is InChI=1S/C52H87N11O12/c1-30(2)24-43-52(75)62-42(16-22-57)51(74)61-41(15-21-56)46(69)29-38(32(4)65)49(72)58-23-17-34(26-44(67)40(14-20-55)60-50(73)37(31(3)64)28-36(66)12-8-9-18-53)47(70)59-39(13-19-54)45(68)27-35(48(71)63-43)25-33-10-6-5-7-11-33/h5-7,10-11,30-32,34-35,37-43,64-65H,8-9,12-29,53-57H2,1-4H3,(H,58,72)(H,59,70)(H,60,73)(H,61,74)(H,62,75)(H,63,71)/t31?,32?,34-,35+,37+,38+,39+,40+,41+,42+,43+/m1/s1. The Morgan fingerprint density at radius 2 is 1.20 bits per heavy atom. The Morgan fingerprint density at radius 1 is 0.653 bits per heavy atom. The zero-order chi connectivity index (χ0) is 56.2. The lowest BCUT2D eigenvalue weighted by atomic mass is 9.89. The normalized spacial score (nSPS) is 23.9. The number of Topliss-reactive ketones (excluding diaryl/α,β-unsaturated/α-hetero) is 4. The van der Waals surface area contributed by atoms with Gasteiger partial charge >= 0.3 is 0 Å². The molecule has 18 N–H and O–H groups in total. The number of nitrogens with two attached hydrogens (primary N) is 5. The maximum absolute atomic E-state index is 14.5. The molecule has 1 aliphatic heterocycles. The molecule has 422 valence electrons. The first-order valence-corrected chi connectivity index (χ1v) is 26.4. The fourth-order valence-corrected chi connectivity index (χ4v) is 8.87. The van der Waals surface area contributed by atoms with Gasteiger partial charge in [0.1, 0.15) is 17.9 Å². The van der Waals surface area contributed by atoms with Crippen molar-refractivity contribution in [2.75, 3.05) is 39.3 Å². The predicted molar refractivity (Wildman–Crippen MR) is 280 cm³/mol. The molecule has 2 rings (SSSR count). The highest BCUT2D eigenvalue weighted by atomic mass is 16.3. The monoisotopic (exact) mass is 1060 g/mol. The molecule has 23 heteroatoms. The Labute approximate surface area is 440 Å². The average Bonchev–Trinajstić information content (AvgIpc) is 3.35. The highest BCUT2D eigenvalue weighted by Crippen LogP contribution is 2.21. The molecule has 0 aliphatic carbocycles. The van der Waals surface area contributed by atoms with Crippen molar-refractivity contribution in [3.8, 4) is 0 Å². The van der Waals surface area contributed by atoms with Crippen LogP contribution in [0.5, 0.6) is 0 Å². The van der Waals surface area contributed by atoms with Crippen molar-refractivity contribution in [2.24, 2.45) is 58.3 Å². The molecule has 1 heterocycles. The predicted octanol–water partition coefficient (Wildman–Crippen LogP) is -2.19. The molecule has 0 saturated carbocycles. The van der Waals surface area contributed by atoms with E-state index in [0.29, 0.717) is 24.9 Å². The van der Waals surface area contributed by atoms with Crippen molar-refractivity contribution in [1.82, 2.24) is 31.9 Å². The molecule has 1 aromatic carbocycles. The van der Waals surface area contributed by atoms with Crippen LogP contribution in [-0.4, -0.2) is 150 Å². The number of ketones is 4. The lowest BCUT2D eigenvalue weighted by Crippen LogP contribution is -2.57. The summed E-state index contributed by atoms with van der Waals surface area (Å²) in [6, 6.07) is 2.45. The molecule has 1 aliphatic rings. The van der Waals surface area contributed by atoms with Crippen LogP contribution < -0.4 is 60.6 Å². The smallest absolute Gasteiger partial charge is 0.243 e. The molecule has 6 amide bonds. The Kier molecular flexibility index (Phi) is 30.5. The third-order valence-corrected chi connectivity index (χ3v) is 13.3. The molecule has 0 bridgehead atoms. The van der Waals surface area contributed by atoms with Crippen LogP contribution in [-0.2, 0) is 54.4 Å². The number of unbranched alkanes of at least 4 members (excludes halogenated alkanes) is 1. The second-order valence-corrected chi connectivity index (χ2v) is 20.1. The first-order chi connectivity index (χ1) is 35.6. The summed E-state index contributed by atoms with van der Waals surface area (Å²) in [5.74, 6) is -12.0. The van der Waals surface area contributed by atoms with Crippen molar-refractivity contribution < 1.29 is 58.2 Å². The van der Waals surface area contributed by atoms with Crippen LogP contribution in [0.25, 0.3) is 0 Å². The van der Waals surface area contributed by atoms with Gasteiger partial charge in [-0.15, -0.1) is 0 Å². The zero-order valence-electron chi connectivity index (χ0n) is 44.3. The van der Waals surface area contributed by atoms with E-state index < -0.39 is 138 Å². The summed E-state index contributed by atoms with van der Waals surface area (Å²) in [6.07, 6.45) is -3.84. The number of hydrogen-bond acceptors (Lipinski definition) is 17. The van der Waals surface area contributed by atoms with Crippen LogP contribution >= 0.6 is 0 Å². The van der Waals surface area contributed by atoms with Crippen molar-refractivity contribution in [2.45, 2.75) is 160 Å². The highest BCUT2D eigenvalue weighted by molar-refractivity contribution is 5.98. The molecule has 1 aromatic rings. The summed E-state index contributed by atoms with van der Waals surface area (Å²) in [5, 5.41) is 37.4. The third kappa shape index (κ3) is 23.5. The minimum Gasteiger partial charge on any atom is -0.393 e. The SMILES string of the molecule is CC(C)C[C@@H]1NC(=O)[C@@H](Cc2ccccc2)CC(=O)[C@H](CCN)NC(=O)[C@@H](CC(=O)[C@H](CCN)NC(=O)[C@@H](CC(=O)CCCCN)C(C)O)CCNC(=O)[C@H](C(C)O)CC(=O)[C@H](CCN)NC(=O)[C@H](CCN)NC1=O. The molecule has 1 fully saturated rings. The number of nitrogens with one attached hydrogen (secondary N) is 6. The molecule has 1 saturated heterocycles. The van der Waals surface area contributed by atoms with Crippen LogP contribution in [0.1, 0.15) is 117 Å². The van der Waals surface area contributed by atoms with Crippen LogP contribution in [0.3, 0.4) is 0 Å². The van der Waals surface area contributed by atoms with E-state index in [1.54, 1.807) is 30.3 Å². The molecule has 0 aromatic heterocycles. The number of hydrogen-bond donors (Lipinski definition) is 13. The maximum atomic E-state index is 14.5. The minimum absolute atomic E-state index is 0.0311.